The molecular weight excluding hydrogens is 524 g/mol. The minimum absolute atomic E-state index is 0.373. The number of fused-ring (bicyclic) bond motifs is 4. The van der Waals surface area contributed by atoms with Crippen molar-refractivity contribution in [2.75, 3.05) is 25.1 Å². The lowest BCUT2D eigenvalue weighted by Gasteiger charge is -2.21. The van der Waals surface area contributed by atoms with Gasteiger partial charge in [0.1, 0.15) is 11.3 Å². The maximum absolute atomic E-state index is 13.2. The average molecular weight is 557 g/mol. The smallest absolute Gasteiger partial charge is 0.344 e. The summed E-state index contributed by atoms with van der Waals surface area (Å²) < 4.78 is 13.4. The summed E-state index contributed by atoms with van der Waals surface area (Å²) in [6.45, 7) is 5.97. The summed E-state index contributed by atoms with van der Waals surface area (Å²) in [6, 6.07) is 27.6. The van der Waals surface area contributed by atoms with E-state index in [-0.39, 0.29) is 5.63 Å². The molecule has 0 aliphatic heterocycles. The Morgan fingerprint density at radius 2 is 1.64 bits per heavy atom. The van der Waals surface area contributed by atoms with Gasteiger partial charge in [0.2, 0.25) is 0 Å². The molecule has 0 aliphatic carbocycles. The number of aryl methyl sites for hydroxylation is 1. The van der Waals surface area contributed by atoms with Crippen molar-refractivity contribution in [3.63, 3.8) is 0 Å². The van der Waals surface area contributed by atoms with Crippen LogP contribution in [-0.4, -0.2) is 31.1 Å². The van der Waals surface area contributed by atoms with Gasteiger partial charge in [-0.25, -0.2) is 4.79 Å². The highest BCUT2D eigenvalue weighted by atomic mass is 16.5. The van der Waals surface area contributed by atoms with Crippen molar-refractivity contribution in [2.24, 2.45) is 7.05 Å². The number of para-hydroxylation sites is 1. The number of carbonyl (C=O) groups is 1. The monoisotopic (exact) mass is 556 g/mol. The molecule has 2 aromatic heterocycles. The molecule has 0 unspecified atom stereocenters. The Balaban J connectivity index is 1.47. The van der Waals surface area contributed by atoms with Crippen LogP contribution in [0.25, 0.3) is 55.6 Å². The number of rotatable bonds is 8. The molecule has 0 aliphatic rings. The van der Waals surface area contributed by atoms with Gasteiger partial charge in [-0.1, -0.05) is 30.3 Å². The summed E-state index contributed by atoms with van der Waals surface area (Å²) in [7, 11) is 3.64. The molecule has 0 radical (unpaired) electrons. The number of methoxy groups -OCH3 is 1. The van der Waals surface area contributed by atoms with Crippen molar-refractivity contribution in [3.8, 4) is 16.9 Å². The van der Waals surface area contributed by atoms with Crippen LogP contribution in [0.2, 0.25) is 0 Å². The first-order chi connectivity index (χ1) is 20.4. The van der Waals surface area contributed by atoms with Crippen molar-refractivity contribution < 1.29 is 13.9 Å². The maximum atomic E-state index is 13.2. The number of allylic oxidation sites excluding steroid dienone is 1. The first-order valence-electron chi connectivity index (χ1n) is 14.1. The number of benzene rings is 4. The van der Waals surface area contributed by atoms with Gasteiger partial charge in [0.15, 0.2) is 6.29 Å². The topological polar surface area (TPSA) is 64.7 Å². The highest BCUT2D eigenvalue weighted by Gasteiger charge is 2.15. The van der Waals surface area contributed by atoms with Gasteiger partial charge < -0.3 is 18.6 Å². The van der Waals surface area contributed by atoms with E-state index < -0.39 is 0 Å². The van der Waals surface area contributed by atoms with E-state index in [9.17, 15) is 9.59 Å². The second-order valence-corrected chi connectivity index (χ2v) is 10.3. The van der Waals surface area contributed by atoms with E-state index >= 15 is 0 Å². The highest BCUT2D eigenvalue weighted by molar-refractivity contribution is 6.16. The second kappa shape index (κ2) is 11.1. The number of nitrogens with zero attached hydrogens (tertiary/aromatic N) is 2. The van der Waals surface area contributed by atoms with Crippen LogP contribution in [0, 0.1) is 0 Å². The molecule has 6 heteroatoms. The summed E-state index contributed by atoms with van der Waals surface area (Å²) in [5.74, 6) is 0.700. The molecule has 2 heterocycles. The lowest BCUT2D eigenvalue weighted by molar-refractivity contribution is -0.103. The number of aromatic nitrogens is 1. The van der Waals surface area contributed by atoms with Crippen molar-refractivity contribution in [1.82, 2.24) is 4.57 Å². The molecule has 0 saturated heterocycles. The molecule has 0 bridgehead atoms. The van der Waals surface area contributed by atoms with Gasteiger partial charge in [0, 0.05) is 70.2 Å². The average Bonchev–Trinajstić information content (AvgIpc) is 3.30. The molecule has 0 atom stereocenters. The van der Waals surface area contributed by atoms with Crippen LogP contribution in [0.15, 0.2) is 94.1 Å². The molecule has 6 rings (SSSR count). The van der Waals surface area contributed by atoms with Gasteiger partial charge in [0.05, 0.1) is 12.7 Å². The first kappa shape index (κ1) is 27.1. The summed E-state index contributed by atoms with van der Waals surface area (Å²) in [5.41, 5.74) is 6.77. The number of carbonyl (C=O) groups excluding carboxylic acids is 1. The Morgan fingerprint density at radius 1 is 0.905 bits per heavy atom. The fourth-order valence-corrected chi connectivity index (χ4v) is 5.79. The van der Waals surface area contributed by atoms with Crippen molar-refractivity contribution in [2.45, 2.75) is 13.8 Å². The molecule has 0 saturated carbocycles. The summed E-state index contributed by atoms with van der Waals surface area (Å²) in [6.07, 6.45) is 2.71. The van der Waals surface area contributed by atoms with Crippen molar-refractivity contribution >= 4 is 56.4 Å². The Kier molecular flexibility index (Phi) is 7.13. The number of aldehydes is 1. The van der Waals surface area contributed by atoms with Crippen molar-refractivity contribution in [3.05, 3.63) is 106 Å². The van der Waals surface area contributed by atoms with Crippen molar-refractivity contribution in [1.29, 1.82) is 0 Å². The molecule has 0 spiro atoms. The van der Waals surface area contributed by atoms with E-state index in [0.717, 1.165) is 68.9 Å². The van der Waals surface area contributed by atoms with Gasteiger partial charge >= 0.3 is 5.63 Å². The minimum Gasteiger partial charge on any atom is -0.496 e. The zero-order chi connectivity index (χ0) is 29.4. The largest absolute Gasteiger partial charge is 0.496 e. The van der Waals surface area contributed by atoms with E-state index in [1.54, 1.807) is 7.11 Å². The molecule has 42 heavy (non-hydrogen) atoms. The highest BCUT2D eigenvalue weighted by Crippen LogP contribution is 2.34. The predicted octanol–water partition coefficient (Wildman–Crippen LogP) is 7.70. The molecule has 0 fully saturated rings. The lowest BCUT2D eigenvalue weighted by Crippen LogP contribution is -2.21. The minimum atomic E-state index is -0.373. The quantitative estimate of drug-likeness (QED) is 0.0832. The normalized spacial score (nSPS) is 11.9. The van der Waals surface area contributed by atoms with Crippen LogP contribution in [-0.2, 0) is 11.8 Å². The molecule has 6 nitrogen and oxygen atoms in total. The SMILES string of the molecule is CCN(CC)c1ccc2cc(-c3ccc4c(c3)c3cc(/C(C=O)=C/c5ccccc5OC)ccc3n4C)c(=O)oc2c1. The molecule has 0 amide bonds. The Bertz CT molecular complexity index is 2060. The fraction of sp³-hybridized carbons (Fsp3) is 0.167. The number of ether oxygens (including phenoxy) is 1. The summed E-state index contributed by atoms with van der Waals surface area (Å²) >= 11 is 0. The standard InChI is InChI=1S/C36H32N2O4/c1-5-38(6-2)28-14-11-26-20-29(36(40)42-35(26)21-28)24-13-16-33-31(19-24)30-18-23(12-15-32(30)37(33)3)27(22-39)17-25-9-7-8-10-34(25)41-4/h7-22H,5-6H2,1-4H3/b27-17+. The number of hydrogen-bond donors (Lipinski definition) is 0. The first-order valence-corrected chi connectivity index (χ1v) is 14.1. The Hall–Kier alpha value is -5.10. The third kappa shape index (κ3) is 4.65. The summed E-state index contributed by atoms with van der Waals surface area (Å²) in [4.78, 5) is 27.7. The fourth-order valence-electron chi connectivity index (χ4n) is 5.79. The second-order valence-electron chi connectivity index (χ2n) is 10.3. The van der Waals surface area contributed by atoms with E-state index in [1.807, 2.05) is 92.0 Å². The van der Waals surface area contributed by atoms with E-state index in [1.165, 1.54) is 0 Å². The van der Waals surface area contributed by atoms with Crippen LogP contribution in [0.1, 0.15) is 25.0 Å². The molecule has 0 N–H and O–H groups in total. The third-order valence-electron chi connectivity index (χ3n) is 8.08. The van der Waals surface area contributed by atoms with Crippen LogP contribution in [0.5, 0.6) is 5.75 Å². The van der Waals surface area contributed by atoms with E-state index in [2.05, 4.69) is 29.4 Å². The van der Waals surface area contributed by atoms with Gasteiger partial charge in [-0.15, -0.1) is 0 Å². The van der Waals surface area contributed by atoms with E-state index in [0.29, 0.717) is 22.5 Å². The van der Waals surface area contributed by atoms with Crippen LogP contribution in [0.3, 0.4) is 0 Å². The van der Waals surface area contributed by atoms with Gasteiger partial charge in [-0.3, -0.25) is 4.79 Å². The Morgan fingerprint density at radius 3 is 2.38 bits per heavy atom. The molecule has 4 aromatic carbocycles. The van der Waals surface area contributed by atoms with Crippen LogP contribution < -0.4 is 15.3 Å². The lowest BCUT2D eigenvalue weighted by atomic mass is 9.99. The molecule has 210 valence electrons. The molecular formula is C36H32N2O4. The third-order valence-corrected chi connectivity index (χ3v) is 8.08. The predicted molar refractivity (Wildman–Crippen MR) is 172 cm³/mol. The zero-order valence-electron chi connectivity index (χ0n) is 24.2. The zero-order valence-corrected chi connectivity index (χ0v) is 24.2. The number of hydrogen-bond acceptors (Lipinski definition) is 5. The van der Waals surface area contributed by atoms with Gasteiger partial charge in [0.25, 0.3) is 0 Å². The summed E-state index contributed by atoms with van der Waals surface area (Å²) in [5, 5.41) is 2.86. The molecule has 6 aromatic rings. The van der Waals surface area contributed by atoms with Gasteiger partial charge in [-0.05, 0) is 79.6 Å². The van der Waals surface area contributed by atoms with Crippen LogP contribution in [0.4, 0.5) is 5.69 Å². The Labute approximate surface area is 244 Å². The number of anilines is 1. The maximum Gasteiger partial charge on any atom is 0.344 e. The van der Waals surface area contributed by atoms with E-state index in [4.69, 9.17) is 9.15 Å². The van der Waals surface area contributed by atoms with Crippen LogP contribution >= 0.6 is 0 Å². The van der Waals surface area contributed by atoms with Gasteiger partial charge in [-0.2, -0.15) is 0 Å².